The number of thioether (sulfide) groups is 1. The van der Waals surface area contributed by atoms with Crippen molar-refractivity contribution in [1.29, 1.82) is 0 Å². The van der Waals surface area contributed by atoms with E-state index in [0.717, 1.165) is 18.1 Å². The highest BCUT2D eigenvalue weighted by Gasteiger charge is 2.10. The van der Waals surface area contributed by atoms with E-state index in [-0.39, 0.29) is 5.91 Å². The Morgan fingerprint density at radius 2 is 2.00 bits per heavy atom. The molecule has 0 saturated carbocycles. The Hall–Kier alpha value is -1.75. The van der Waals surface area contributed by atoms with Gasteiger partial charge in [0.2, 0.25) is 0 Å². The Morgan fingerprint density at radius 1 is 1.33 bits per heavy atom. The van der Waals surface area contributed by atoms with E-state index in [1.54, 1.807) is 16.4 Å². The SMILES string of the molecule is CCn1nc(C)cc1NC(=O)c1ccc(SC(C)C)cc1. The third-order valence-electron chi connectivity index (χ3n) is 2.93. The highest BCUT2D eigenvalue weighted by atomic mass is 32.2. The van der Waals surface area contributed by atoms with E-state index >= 15 is 0 Å². The van der Waals surface area contributed by atoms with Crippen LogP contribution in [-0.2, 0) is 6.54 Å². The van der Waals surface area contributed by atoms with Crippen molar-refractivity contribution < 1.29 is 4.79 Å². The predicted octanol–water partition coefficient (Wildman–Crippen LogP) is 3.96. The molecule has 112 valence electrons. The van der Waals surface area contributed by atoms with E-state index in [1.165, 1.54) is 4.90 Å². The van der Waals surface area contributed by atoms with E-state index in [0.29, 0.717) is 10.8 Å². The molecule has 0 spiro atoms. The summed E-state index contributed by atoms with van der Waals surface area (Å²) in [4.78, 5) is 13.4. The van der Waals surface area contributed by atoms with Gasteiger partial charge in [-0.2, -0.15) is 5.10 Å². The fourth-order valence-corrected chi connectivity index (χ4v) is 2.87. The molecule has 4 nitrogen and oxygen atoms in total. The second-order valence-corrected chi connectivity index (χ2v) is 6.78. The number of aromatic nitrogens is 2. The molecule has 0 unspecified atom stereocenters. The van der Waals surface area contributed by atoms with Gasteiger partial charge in [0.25, 0.3) is 5.91 Å². The maximum absolute atomic E-state index is 12.3. The molecule has 1 aromatic carbocycles. The Morgan fingerprint density at radius 3 is 2.57 bits per heavy atom. The smallest absolute Gasteiger partial charge is 0.256 e. The standard InChI is InChI=1S/C16H21N3OS/c1-5-19-15(10-12(4)18-19)17-16(20)13-6-8-14(9-7-13)21-11(2)3/h6-11H,5H2,1-4H3,(H,17,20). The van der Waals surface area contributed by atoms with Crippen molar-refractivity contribution in [2.45, 2.75) is 44.4 Å². The summed E-state index contributed by atoms with van der Waals surface area (Å²) in [7, 11) is 0. The van der Waals surface area contributed by atoms with E-state index in [2.05, 4.69) is 24.3 Å². The van der Waals surface area contributed by atoms with Gasteiger partial charge in [0.15, 0.2) is 0 Å². The van der Waals surface area contributed by atoms with Crippen LogP contribution in [0.4, 0.5) is 5.82 Å². The molecule has 0 aliphatic carbocycles. The average molecular weight is 303 g/mol. The van der Waals surface area contributed by atoms with E-state index in [9.17, 15) is 4.79 Å². The van der Waals surface area contributed by atoms with E-state index in [1.807, 2.05) is 44.2 Å². The van der Waals surface area contributed by atoms with Crippen LogP contribution in [0.5, 0.6) is 0 Å². The summed E-state index contributed by atoms with van der Waals surface area (Å²) in [5, 5.41) is 7.77. The minimum absolute atomic E-state index is 0.106. The maximum atomic E-state index is 12.3. The summed E-state index contributed by atoms with van der Waals surface area (Å²) in [5.74, 6) is 0.631. The van der Waals surface area contributed by atoms with Gasteiger partial charge in [0.1, 0.15) is 5.82 Å². The van der Waals surface area contributed by atoms with Gasteiger partial charge >= 0.3 is 0 Å². The Bertz CT molecular complexity index is 617. The molecule has 2 aromatic rings. The van der Waals surface area contributed by atoms with Gasteiger partial charge in [-0.15, -0.1) is 11.8 Å². The van der Waals surface area contributed by atoms with Gasteiger partial charge in [-0.05, 0) is 38.1 Å². The molecule has 1 heterocycles. The first-order chi connectivity index (χ1) is 9.99. The largest absolute Gasteiger partial charge is 0.307 e. The number of amides is 1. The van der Waals surface area contributed by atoms with Crippen molar-refractivity contribution in [3.05, 3.63) is 41.6 Å². The fraction of sp³-hybridized carbons (Fsp3) is 0.375. The number of anilines is 1. The van der Waals surface area contributed by atoms with Crippen LogP contribution >= 0.6 is 11.8 Å². The minimum Gasteiger partial charge on any atom is -0.307 e. The van der Waals surface area contributed by atoms with Crippen LogP contribution in [0.3, 0.4) is 0 Å². The van der Waals surface area contributed by atoms with Crippen LogP contribution in [0.1, 0.15) is 36.8 Å². The Balaban J connectivity index is 2.09. The number of carbonyl (C=O) groups is 1. The normalized spacial score (nSPS) is 10.9. The number of hydrogen-bond acceptors (Lipinski definition) is 3. The monoisotopic (exact) mass is 303 g/mol. The topological polar surface area (TPSA) is 46.9 Å². The van der Waals surface area contributed by atoms with Crippen LogP contribution in [-0.4, -0.2) is 20.9 Å². The van der Waals surface area contributed by atoms with E-state index < -0.39 is 0 Å². The maximum Gasteiger partial charge on any atom is 0.256 e. The number of nitrogens with zero attached hydrogens (tertiary/aromatic N) is 2. The fourth-order valence-electron chi connectivity index (χ4n) is 2.03. The van der Waals surface area contributed by atoms with Gasteiger partial charge in [-0.3, -0.25) is 4.79 Å². The van der Waals surface area contributed by atoms with Gasteiger partial charge in [-0.25, -0.2) is 4.68 Å². The van der Waals surface area contributed by atoms with Gasteiger partial charge in [0, 0.05) is 28.3 Å². The molecule has 2 rings (SSSR count). The predicted molar refractivity (Wildman–Crippen MR) is 88.0 cm³/mol. The third-order valence-corrected chi connectivity index (χ3v) is 3.95. The number of nitrogens with one attached hydrogen (secondary N) is 1. The minimum atomic E-state index is -0.106. The second kappa shape index (κ2) is 6.80. The quantitative estimate of drug-likeness (QED) is 0.850. The second-order valence-electron chi connectivity index (χ2n) is 5.13. The molecule has 1 amide bonds. The van der Waals surface area contributed by atoms with Crippen molar-refractivity contribution in [2.24, 2.45) is 0 Å². The summed E-state index contributed by atoms with van der Waals surface area (Å²) >= 11 is 1.79. The van der Waals surface area contributed by atoms with Crippen molar-refractivity contribution in [3.63, 3.8) is 0 Å². The Kier molecular flexibility index (Phi) is 5.07. The zero-order chi connectivity index (χ0) is 15.4. The zero-order valence-corrected chi connectivity index (χ0v) is 13.7. The molecule has 0 fully saturated rings. The van der Waals surface area contributed by atoms with Crippen molar-refractivity contribution in [2.75, 3.05) is 5.32 Å². The lowest BCUT2D eigenvalue weighted by atomic mass is 10.2. The molecule has 0 radical (unpaired) electrons. The molecule has 0 saturated heterocycles. The number of aryl methyl sites for hydroxylation is 2. The first kappa shape index (κ1) is 15.6. The van der Waals surface area contributed by atoms with Gasteiger partial charge in [-0.1, -0.05) is 13.8 Å². The highest BCUT2D eigenvalue weighted by Crippen LogP contribution is 2.23. The van der Waals surface area contributed by atoms with Crippen molar-refractivity contribution >= 4 is 23.5 Å². The first-order valence-electron chi connectivity index (χ1n) is 7.12. The molecule has 1 aromatic heterocycles. The summed E-state index contributed by atoms with van der Waals surface area (Å²) in [6.07, 6.45) is 0. The number of hydrogen-bond donors (Lipinski definition) is 1. The molecular formula is C16H21N3OS. The van der Waals surface area contributed by atoms with Gasteiger partial charge in [0.05, 0.1) is 5.69 Å². The number of carbonyl (C=O) groups excluding carboxylic acids is 1. The van der Waals surface area contributed by atoms with Crippen molar-refractivity contribution in [1.82, 2.24) is 9.78 Å². The summed E-state index contributed by atoms with van der Waals surface area (Å²) < 4.78 is 1.79. The average Bonchev–Trinajstić information content (AvgIpc) is 2.78. The molecule has 0 aliphatic heterocycles. The third kappa shape index (κ3) is 4.11. The Labute approximate surface area is 129 Å². The number of rotatable bonds is 5. The molecule has 1 N–H and O–H groups in total. The molecular weight excluding hydrogens is 282 g/mol. The summed E-state index contributed by atoms with van der Waals surface area (Å²) in [5.41, 5.74) is 1.56. The first-order valence-corrected chi connectivity index (χ1v) is 8.00. The van der Waals surface area contributed by atoms with Crippen LogP contribution in [0.2, 0.25) is 0 Å². The lowest BCUT2D eigenvalue weighted by Crippen LogP contribution is -2.15. The van der Waals surface area contributed by atoms with Crippen molar-refractivity contribution in [3.8, 4) is 0 Å². The number of benzene rings is 1. The van der Waals surface area contributed by atoms with Crippen LogP contribution in [0, 0.1) is 6.92 Å². The summed E-state index contributed by atoms with van der Waals surface area (Å²) in [6, 6.07) is 9.58. The molecule has 0 aliphatic rings. The van der Waals surface area contributed by atoms with Gasteiger partial charge < -0.3 is 5.32 Å². The lowest BCUT2D eigenvalue weighted by molar-refractivity contribution is 0.102. The van der Waals surface area contributed by atoms with Crippen LogP contribution < -0.4 is 5.32 Å². The highest BCUT2D eigenvalue weighted by molar-refractivity contribution is 7.99. The molecule has 5 heteroatoms. The molecule has 0 atom stereocenters. The molecule has 0 bridgehead atoms. The van der Waals surface area contributed by atoms with Crippen LogP contribution in [0.15, 0.2) is 35.2 Å². The lowest BCUT2D eigenvalue weighted by Gasteiger charge is -2.08. The zero-order valence-electron chi connectivity index (χ0n) is 12.9. The molecule has 21 heavy (non-hydrogen) atoms. The van der Waals surface area contributed by atoms with E-state index in [4.69, 9.17) is 0 Å². The van der Waals surface area contributed by atoms with Crippen LogP contribution in [0.25, 0.3) is 0 Å². The summed E-state index contributed by atoms with van der Waals surface area (Å²) in [6.45, 7) is 8.95.